The Kier molecular flexibility index (Phi) is 5.24. The number of amides is 1. The number of carbonyl (C=O) groups excluding carboxylic acids is 1. The summed E-state index contributed by atoms with van der Waals surface area (Å²) in [5, 5.41) is 0. The summed E-state index contributed by atoms with van der Waals surface area (Å²) in [6.45, 7) is 8.46. The Morgan fingerprint density at radius 1 is 1.29 bits per heavy atom. The van der Waals surface area contributed by atoms with Gasteiger partial charge in [-0.3, -0.25) is 9.69 Å². The van der Waals surface area contributed by atoms with Crippen molar-refractivity contribution in [2.45, 2.75) is 51.6 Å². The summed E-state index contributed by atoms with van der Waals surface area (Å²) in [7, 11) is 1.66. The largest absolute Gasteiger partial charge is 0.481 e. The first-order chi connectivity index (χ1) is 15.0. The average Bonchev–Trinajstić information content (AvgIpc) is 3.18. The van der Waals surface area contributed by atoms with Gasteiger partial charge in [0.15, 0.2) is 0 Å². The highest BCUT2D eigenvalue weighted by molar-refractivity contribution is 5.87. The molecular weight excluding hydrogens is 390 g/mol. The molecule has 1 aliphatic carbocycles. The number of hydrogen-bond acceptors (Lipinski definition) is 5. The summed E-state index contributed by atoms with van der Waals surface area (Å²) < 4.78 is 7.62. The van der Waals surface area contributed by atoms with Crippen LogP contribution in [0.25, 0.3) is 0 Å². The van der Waals surface area contributed by atoms with Crippen LogP contribution in [0.4, 0.5) is 0 Å². The third-order valence-electron chi connectivity index (χ3n) is 7.34. The summed E-state index contributed by atoms with van der Waals surface area (Å²) in [5.74, 6) is 1.84. The van der Waals surface area contributed by atoms with E-state index in [1.54, 1.807) is 13.3 Å². The molecule has 7 heteroatoms. The summed E-state index contributed by atoms with van der Waals surface area (Å²) in [6.07, 6.45) is 9.28. The molecule has 1 spiro atoms. The second-order valence-corrected chi connectivity index (χ2v) is 9.83. The van der Waals surface area contributed by atoms with Crippen LogP contribution in [0, 0.1) is 11.3 Å². The number of hydrogen-bond donors (Lipinski definition) is 0. The third-order valence-corrected chi connectivity index (χ3v) is 7.34. The molecule has 2 aromatic heterocycles. The lowest BCUT2D eigenvalue weighted by Gasteiger charge is -2.28. The maximum atomic E-state index is 13.8. The molecule has 2 atom stereocenters. The Hall–Kier alpha value is -2.41. The van der Waals surface area contributed by atoms with Gasteiger partial charge in [-0.25, -0.2) is 9.97 Å². The molecule has 166 valence electrons. The summed E-state index contributed by atoms with van der Waals surface area (Å²) >= 11 is 0. The van der Waals surface area contributed by atoms with Crippen LogP contribution in [0.3, 0.4) is 0 Å². The number of ether oxygens (including phenoxy) is 1. The lowest BCUT2D eigenvalue weighted by Crippen LogP contribution is -2.40. The predicted molar refractivity (Wildman–Crippen MR) is 118 cm³/mol. The molecule has 31 heavy (non-hydrogen) atoms. The minimum absolute atomic E-state index is 0.117. The number of pyridine rings is 1. The Labute approximate surface area is 184 Å². The smallest absolute Gasteiger partial charge is 0.230 e. The molecule has 2 saturated heterocycles. The topological polar surface area (TPSA) is 63.5 Å². The zero-order valence-corrected chi connectivity index (χ0v) is 18.8. The molecule has 2 aliphatic heterocycles. The number of aromatic nitrogens is 3. The molecular formula is C24H33N5O2. The zero-order chi connectivity index (χ0) is 21.6. The van der Waals surface area contributed by atoms with Crippen LogP contribution >= 0.6 is 0 Å². The molecule has 1 amide bonds. The normalized spacial score (nSPS) is 26.5. The van der Waals surface area contributed by atoms with E-state index in [1.807, 2.05) is 12.4 Å². The molecule has 3 fully saturated rings. The van der Waals surface area contributed by atoms with Crippen molar-refractivity contribution in [1.82, 2.24) is 24.3 Å². The highest BCUT2D eigenvalue weighted by atomic mass is 16.5. The van der Waals surface area contributed by atoms with E-state index in [2.05, 4.69) is 45.5 Å². The van der Waals surface area contributed by atoms with Crippen LogP contribution < -0.4 is 4.74 Å². The van der Waals surface area contributed by atoms with Crippen molar-refractivity contribution in [2.75, 3.05) is 33.3 Å². The highest BCUT2D eigenvalue weighted by Crippen LogP contribution is 2.50. The van der Waals surface area contributed by atoms with Crippen LogP contribution in [0.1, 0.15) is 56.3 Å². The van der Waals surface area contributed by atoms with E-state index in [0.29, 0.717) is 17.8 Å². The van der Waals surface area contributed by atoms with Crippen LogP contribution in [-0.4, -0.2) is 63.5 Å². The molecule has 5 rings (SSSR count). The fourth-order valence-electron chi connectivity index (χ4n) is 5.40. The molecule has 7 nitrogen and oxygen atoms in total. The Morgan fingerprint density at radius 2 is 2.13 bits per heavy atom. The number of likely N-dealkylation sites (tertiary alicyclic amines) is 2. The maximum Gasteiger partial charge on any atom is 0.230 e. The Bertz CT molecular complexity index is 953. The SMILES string of the molecule is COc1ncccc1CN1C[C@@H](c2cn(C(C)C)cn2)[C@@]2(CCN(CC3CC3)C2=O)C1. The molecule has 0 N–H and O–H groups in total. The second kappa shape index (κ2) is 7.93. The molecule has 0 bridgehead atoms. The minimum atomic E-state index is -0.375. The van der Waals surface area contributed by atoms with Gasteiger partial charge in [0.05, 0.1) is 24.5 Å². The molecule has 0 unspecified atom stereocenters. The number of imidazole rings is 1. The van der Waals surface area contributed by atoms with Gasteiger partial charge in [-0.05, 0) is 45.1 Å². The first kappa shape index (κ1) is 20.5. The van der Waals surface area contributed by atoms with E-state index in [-0.39, 0.29) is 11.3 Å². The summed E-state index contributed by atoms with van der Waals surface area (Å²) in [5.41, 5.74) is 1.74. The van der Waals surface area contributed by atoms with Crippen molar-refractivity contribution in [3.8, 4) is 5.88 Å². The second-order valence-electron chi connectivity index (χ2n) is 9.83. The van der Waals surface area contributed by atoms with Crippen LogP contribution in [0.5, 0.6) is 5.88 Å². The molecule has 3 aliphatic rings. The Balaban J connectivity index is 1.44. The average molecular weight is 424 g/mol. The van der Waals surface area contributed by atoms with Gasteiger partial charge < -0.3 is 14.2 Å². The quantitative estimate of drug-likeness (QED) is 0.685. The van der Waals surface area contributed by atoms with E-state index < -0.39 is 0 Å². The van der Waals surface area contributed by atoms with Gasteiger partial charge in [0, 0.05) is 62.6 Å². The first-order valence-electron chi connectivity index (χ1n) is 11.5. The van der Waals surface area contributed by atoms with Crippen molar-refractivity contribution >= 4 is 5.91 Å². The van der Waals surface area contributed by atoms with Gasteiger partial charge in [-0.1, -0.05) is 6.07 Å². The molecule has 0 aromatic carbocycles. The van der Waals surface area contributed by atoms with Gasteiger partial charge >= 0.3 is 0 Å². The van der Waals surface area contributed by atoms with Crippen molar-refractivity contribution in [2.24, 2.45) is 11.3 Å². The van der Waals surface area contributed by atoms with Crippen molar-refractivity contribution in [3.63, 3.8) is 0 Å². The fraction of sp³-hybridized carbons (Fsp3) is 0.625. The third kappa shape index (κ3) is 3.73. The van der Waals surface area contributed by atoms with Gasteiger partial charge in [0.25, 0.3) is 0 Å². The number of carbonyl (C=O) groups is 1. The minimum Gasteiger partial charge on any atom is -0.481 e. The lowest BCUT2D eigenvalue weighted by molar-refractivity contribution is -0.136. The first-order valence-corrected chi connectivity index (χ1v) is 11.5. The number of nitrogens with zero attached hydrogens (tertiary/aromatic N) is 5. The standard InChI is InChI=1S/C24H33N5O2/c1-17(2)29-14-21(26-16-29)20-13-27(12-19-5-4-9-25-22(19)31-3)15-24(20)8-10-28(23(24)30)11-18-6-7-18/h4-5,9,14,16-18,20H,6-8,10-13,15H2,1-3H3/t20-,24+/m0/s1. The van der Waals surface area contributed by atoms with Crippen LogP contribution in [0.2, 0.25) is 0 Å². The number of rotatable bonds is 7. The fourth-order valence-corrected chi connectivity index (χ4v) is 5.40. The van der Waals surface area contributed by atoms with Crippen molar-refractivity contribution < 1.29 is 9.53 Å². The molecule has 2 aromatic rings. The van der Waals surface area contributed by atoms with E-state index in [4.69, 9.17) is 9.72 Å². The van der Waals surface area contributed by atoms with Crippen LogP contribution in [0.15, 0.2) is 30.9 Å². The molecule has 0 radical (unpaired) electrons. The van der Waals surface area contributed by atoms with E-state index in [9.17, 15) is 4.79 Å². The molecule has 4 heterocycles. The monoisotopic (exact) mass is 423 g/mol. The van der Waals surface area contributed by atoms with Crippen LogP contribution in [-0.2, 0) is 11.3 Å². The van der Waals surface area contributed by atoms with E-state index in [0.717, 1.165) is 56.3 Å². The van der Waals surface area contributed by atoms with E-state index >= 15 is 0 Å². The highest BCUT2D eigenvalue weighted by Gasteiger charge is 2.58. The van der Waals surface area contributed by atoms with Gasteiger partial charge in [-0.2, -0.15) is 0 Å². The predicted octanol–water partition coefficient (Wildman–Crippen LogP) is 3.10. The number of methoxy groups -OCH3 is 1. The Morgan fingerprint density at radius 3 is 2.84 bits per heavy atom. The zero-order valence-electron chi connectivity index (χ0n) is 18.8. The maximum absolute atomic E-state index is 13.8. The van der Waals surface area contributed by atoms with Gasteiger partial charge in [0.2, 0.25) is 11.8 Å². The summed E-state index contributed by atoms with van der Waals surface area (Å²) in [6, 6.07) is 4.37. The van der Waals surface area contributed by atoms with Gasteiger partial charge in [0.1, 0.15) is 0 Å². The van der Waals surface area contributed by atoms with E-state index in [1.165, 1.54) is 12.8 Å². The molecule has 1 saturated carbocycles. The van der Waals surface area contributed by atoms with Crippen molar-refractivity contribution in [1.29, 1.82) is 0 Å². The van der Waals surface area contributed by atoms with Gasteiger partial charge in [-0.15, -0.1) is 0 Å². The lowest BCUT2D eigenvalue weighted by atomic mass is 9.75. The summed E-state index contributed by atoms with van der Waals surface area (Å²) in [4.78, 5) is 27.4. The van der Waals surface area contributed by atoms with Crippen molar-refractivity contribution in [3.05, 3.63) is 42.1 Å².